The molecule has 1 aliphatic rings. The molecular weight excluding hydrogens is 302 g/mol. The fourth-order valence-electron chi connectivity index (χ4n) is 2.94. The first-order chi connectivity index (χ1) is 11.6. The Bertz CT molecular complexity index is 709. The molecule has 1 atom stereocenters. The molecule has 3 rings (SSSR count). The summed E-state index contributed by atoms with van der Waals surface area (Å²) in [6.07, 6.45) is 0.378. The third kappa shape index (κ3) is 3.82. The molecule has 24 heavy (non-hydrogen) atoms. The van der Waals surface area contributed by atoms with Gasteiger partial charge in [0.25, 0.3) is 0 Å². The van der Waals surface area contributed by atoms with Crippen molar-refractivity contribution in [2.45, 2.75) is 32.4 Å². The third-order valence-corrected chi connectivity index (χ3v) is 4.33. The Labute approximate surface area is 142 Å². The van der Waals surface area contributed by atoms with Crippen LogP contribution in [0.1, 0.15) is 35.6 Å². The van der Waals surface area contributed by atoms with Crippen molar-refractivity contribution in [3.8, 4) is 0 Å². The Kier molecular flexibility index (Phi) is 4.94. The predicted octanol–water partition coefficient (Wildman–Crippen LogP) is 4.04. The van der Waals surface area contributed by atoms with Gasteiger partial charge in [-0.3, -0.25) is 4.79 Å². The minimum absolute atomic E-state index is 0.188. The van der Waals surface area contributed by atoms with Gasteiger partial charge in [0, 0.05) is 19.4 Å². The summed E-state index contributed by atoms with van der Waals surface area (Å²) in [4.78, 5) is 26.1. The number of benzene rings is 2. The second-order valence-electron chi connectivity index (χ2n) is 6.15. The first-order valence-corrected chi connectivity index (χ1v) is 8.19. The molecule has 0 saturated carbocycles. The van der Waals surface area contributed by atoms with Gasteiger partial charge in [0.15, 0.2) is 0 Å². The number of piperidine rings is 1. The van der Waals surface area contributed by atoms with Gasteiger partial charge in [-0.2, -0.15) is 0 Å². The van der Waals surface area contributed by atoms with Gasteiger partial charge >= 0.3 is 6.09 Å². The number of Topliss-reactive ketones (excluding diaryl/α,β-unsaturated/α-hetero) is 1. The van der Waals surface area contributed by atoms with E-state index in [9.17, 15) is 9.59 Å². The van der Waals surface area contributed by atoms with E-state index in [2.05, 4.69) is 0 Å². The van der Waals surface area contributed by atoms with E-state index in [0.717, 1.165) is 16.7 Å². The van der Waals surface area contributed by atoms with E-state index in [-0.39, 0.29) is 24.5 Å². The van der Waals surface area contributed by atoms with Crippen molar-refractivity contribution in [1.82, 2.24) is 4.90 Å². The first kappa shape index (κ1) is 16.2. The second kappa shape index (κ2) is 7.30. The molecule has 4 nitrogen and oxygen atoms in total. The largest absolute Gasteiger partial charge is 0.445 e. The lowest BCUT2D eigenvalue weighted by Crippen LogP contribution is -2.41. The summed E-state index contributed by atoms with van der Waals surface area (Å²) < 4.78 is 5.45. The SMILES string of the molecule is Cc1ccc([C@@H]2CC(=O)CCN2C(=O)OCc2ccccc2)cc1. The molecule has 124 valence electrons. The zero-order valence-electron chi connectivity index (χ0n) is 13.8. The summed E-state index contributed by atoms with van der Waals surface area (Å²) in [6, 6.07) is 17.3. The Hall–Kier alpha value is -2.62. The quantitative estimate of drug-likeness (QED) is 0.856. The van der Waals surface area contributed by atoms with Crippen LogP contribution in [-0.4, -0.2) is 23.3 Å². The van der Waals surface area contributed by atoms with Crippen molar-refractivity contribution in [3.05, 3.63) is 71.3 Å². The lowest BCUT2D eigenvalue weighted by molar-refractivity contribution is -0.122. The number of ether oxygens (including phenoxy) is 1. The number of carbonyl (C=O) groups is 2. The van der Waals surface area contributed by atoms with Crippen molar-refractivity contribution in [2.24, 2.45) is 0 Å². The fraction of sp³-hybridized carbons (Fsp3) is 0.300. The molecule has 1 heterocycles. The molecular formula is C20H21NO3. The molecule has 1 fully saturated rings. The van der Waals surface area contributed by atoms with E-state index in [1.165, 1.54) is 0 Å². The zero-order valence-corrected chi connectivity index (χ0v) is 13.8. The monoisotopic (exact) mass is 323 g/mol. The first-order valence-electron chi connectivity index (χ1n) is 8.19. The second-order valence-corrected chi connectivity index (χ2v) is 6.15. The Morgan fingerprint density at radius 2 is 1.83 bits per heavy atom. The van der Waals surface area contributed by atoms with Crippen LogP contribution in [-0.2, 0) is 16.1 Å². The highest BCUT2D eigenvalue weighted by molar-refractivity contribution is 5.82. The van der Waals surface area contributed by atoms with Crippen molar-refractivity contribution < 1.29 is 14.3 Å². The van der Waals surface area contributed by atoms with E-state index >= 15 is 0 Å². The topological polar surface area (TPSA) is 46.6 Å². The van der Waals surface area contributed by atoms with E-state index in [0.29, 0.717) is 19.4 Å². The summed E-state index contributed by atoms with van der Waals surface area (Å²) in [5.74, 6) is 0.188. The highest BCUT2D eigenvalue weighted by Gasteiger charge is 2.32. The number of likely N-dealkylation sites (tertiary alicyclic amines) is 1. The summed E-state index contributed by atoms with van der Waals surface area (Å²) in [6.45, 7) is 2.66. The van der Waals surface area contributed by atoms with Crippen LogP contribution >= 0.6 is 0 Å². The zero-order chi connectivity index (χ0) is 16.9. The van der Waals surface area contributed by atoms with E-state index < -0.39 is 0 Å². The molecule has 0 unspecified atom stereocenters. The molecule has 0 aliphatic carbocycles. The maximum atomic E-state index is 12.5. The number of aryl methyl sites for hydroxylation is 1. The van der Waals surface area contributed by atoms with Gasteiger partial charge in [0.2, 0.25) is 0 Å². The highest BCUT2D eigenvalue weighted by atomic mass is 16.6. The molecule has 0 radical (unpaired) electrons. The number of amides is 1. The summed E-state index contributed by atoms with van der Waals surface area (Å²) in [7, 11) is 0. The molecule has 0 N–H and O–H groups in total. The number of hydrogen-bond acceptors (Lipinski definition) is 3. The van der Waals surface area contributed by atoms with Gasteiger partial charge in [-0.1, -0.05) is 60.2 Å². The lowest BCUT2D eigenvalue weighted by atomic mass is 9.94. The van der Waals surface area contributed by atoms with Crippen LogP contribution in [0.3, 0.4) is 0 Å². The van der Waals surface area contributed by atoms with Crippen LogP contribution in [0.15, 0.2) is 54.6 Å². The van der Waals surface area contributed by atoms with Gasteiger partial charge in [-0.05, 0) is 18.1 Å². The minimum Gasteiger partial charge on any atom is -0.445 e. The van der Waals surface area contributed by atoms with Gasteiger partial charge in [0.1, 0.15) is 12.4 Å². The Balaban J connectivity index is 1.72. The number of ketones is 1. The minimum atomic E-state index is -0.364. The van der Waals surface area contributed by atoms with Crippen LogP contribution in [0.2, 0.25) is 0 Å². The van der Waals surface area contributed by atoms with Gasteiger partial charge in [-0.25, -0.2) is 4.79 Å². The van der Waals surface area contributed by atoms with Gasteiger partial charge in [0.05, 0.1) is 6.04 Å². The van der Waals surface area contributed by atoms with Crippen molar-refractivity contribution in [2.75, 3.05) is 6.54 Å². The Morgan fingerprint density at radius 3 is 2.54 bits per heavy atom. The van der Waals surface area contributed by atoms with Gasteiger partial charge < -0.3 is 9.64 Å². The number of carbonyl (C=O) groups excluding carboxylic acids is 2. The lowest BCUT2D eigenvalue weighted by Gasteiger charge is -2.34. The third-order valence-electron chi connectivity index (χ3n) is 4.33. The average molecular weight is 323 g/mol. The summed E-state index contributed by atoms with van der Waals surface area (Å²) in [5, 5.41) is 0. The Morgan fingerprint density at radius 1 is 1.12 bits per heavy atom. The van der Waals surface area contributed by atoms with Crippen molar-refractivity contribution in [3.63, 3.8) is 0 Å². The molecule has 1 saturated heterocycles. The summed E-state index contributed by atoms with van der Waals surface area (Å²) >= 11 is 0. The molecule has 0 spiro atoms. The molecule has 0 bridgehead atoms. The maximum Gasteiger partial charge on any atom is 0.410 e. The molecule has 0 aromatic heterocycles. The van der Waals surface area contributed by atoms with Gasteiger partial charge in [-0.15, -0.1) is 0 Å². The number of rotatable bonds is 3. The summed E-state index contributed by atoms with van der Waals surface area (Å²) in [5.41, 5.74) is 3.08. The molecule has 1 aliphatic heterocycles. The highest BCUT2D eigenvalue weighted by Crippen LogP contribution is 2.30. The molecule has 2 aromatic rings. The smallest absolute Gasteiger partial charge is 0.410 e. The van der Waals surface area contributed by atoms with E-state index in [4.69, 9.17) is 4.74 Å². The van der Waals surface area contributed by atoms with E-state index in [1.807, 2.05) is 61.5 Å². The van der Waals surface area contributed by atoms with Crippen LogP contribution in [0.5, 0.6) is 0 Å². The molecule has 4 heteroatoms. The normalized spacial score (nSPS) is 17.6. The van der Waals surface area contributed by atoms with Crippen LogP contribution < -0.4 is 0 Å². The van der Waals surface area contributed by atoms with Crippen LogP contribution in [0, 0.1) is 6.92 Å². The maximum absolute atomic E-state index is 12.5. The average Bonchev–Trinajstić information content (AvgIpc) is 2.61. The van der Waals surface area contributed by atoms with Crippen LogP contribution in [0.4, 0.5) is 4.79 Å². The fourth-order valence-corrected chi connectivity index (χ4v) is 2.94. The van der Waals surface area contributed by atoms with E-state index in [1.54, 1.807) is 4.90 Å². The number of nitrogens with zero attached hydrogens (tertiary/aromatic N) is 1. The predicted molar refractivity (Wildman–Crippen MR) is 91.5 cm³/mol. The number of hydrogen-bond donors (Lipinski definition) is 0. The standard InChI is InChI=1S/C20H21NO3/c1-15-7-9-17(10-8-15)19-13-18(22)11-12-21(19)20(23)24-14-16-5-3-2-4-6-16/h2-10,19H,11-14H2,1H3/t19-/m0/s1. The molecule has 1 amide bonds. The molecule has 2 aromatic carbocycles. The van der Waals surface area contributed by atoms with Crippen molar-refractivity contribution >= 4 is 11.9 Å². The van der Waals surface area contributed by atoms with Crippen molar-refractivity contribution in [1.29, 1.82) is 0 Å². The van der Waals surface area contributed by atoms with Crippen LogP contribution in [0.25, 0.3) is 0 Å².